The largest absolute Gasteiger partial charge is 0.299 e. The van der Waals surface area contributed by atoms with Crippen LogP contribution in [0.2, 0.25) is 0 Å². The predicted octanol–water partition coefficient (Wildman–Crippen LogP) is 2.65. The molecule has 12 heavy (non-hydrogen) atoms. The molecular weight excluding hydrogens is 148 g/mol. The average molecular weight is 166 g/mol. The van der Waals surface area contributed by atoms with E-state index in [1.807, 2.05) is 0 Å². The van der Waals surface area contributed by atoms with Crippen LogP contribution in [0.15, 0.2) is 0 Å². The first kappa shape index (κ1) is 8.28. The molecule has 0 aliphatic heterocycles. The molecule has 1 nitrogen and oxygen atoms in total. The summed E-state index contributed by atoms with van der Waals surface area (Å²) < 4.78 is 0. The molecule has 0 saturated heterocycles. The number of hydrogen-bond acceptors (Lipinski definition) is 1. The third-order valence-corrected chi connectivity index (χ3v) is 4.28. The molecule has 3 atom stereocenters. The summed E-state index contributed by atoms with van der Waals surface area (Å²) in [7, 11) is 0. The van der Waals surface area contributed by atoms with Gasteiger partial charge in [0.05, 0.1) is 0 Å². The number of Topliss-reactive ketones (excluding diaryl/α,β-unsaturated/α-hetero) is 1. The molecule has 2 bridgehead atoms. The summed E-state index contributed by atoms with van der Waals surface area (Å²) in [5.41, 5.74) is 0.336. The van der Waals surface area contributed by atoms with Gasteiger partial charge in [0, 0.05) is 11.8 Å². The van der Waals surface area contributed by atoms with Crippen molar-refractivity contribution >= 4 is 5.78 Å². The summed E-state index contributed by atoms with van der Waals surface area (Å²) in [4.78, 5) is 11.8. The number of hydrogen-bond donors (Lipinski definition) is 0. The Bertz CT molecular complexity index is 217. The molecule has 1 heteroatoms. The highest BCUT2D eigenvalue weighted by atomic mass is 16.1. The second-order valence-corrected chi connectivity index (χ2v) is 5.05. The van der Waals surface area contributed by atoms with Gasteiger partial charge in [-0.25, -0.2) is 0 Å². The van der Waals surface area contributed by atoms with E-state index in [2.05, 4.69) is 20.8 Å². The average Bonchev–Trinajstić information content (AvgIpc) is 2.03. The van der Waals surface area contributed by atoms with E-state index in [9.17, 15) is 4.79 Å². The maximum absolute atomic E-state index is 11.8. The highest BCUT2D eigenvalue weighted by molar-refractivity contribution is 5.86. The fraction of sp³-hybridized carbons (Fsp3) is 0.909. The highest BCUT2D eigenvalue weighted by Crippen LogP contribution is 2.59. The van der Waals surface area contributed by atoms with Crippen LogP contribution in [0.4, 0.5) is 0 Å². The molecule has 0 aromatic rings. The molecule has 3 aliphatic carbocycles. The van der Waals surface area contributed by atoms with Gasteiger partial charge in [-0.05, 0) is 30.6 Å². The van der Waals surface area contributed by atoms with Gasteiger partial charge in [-0.1, -0.05) is 20.8 Å². The molecule has 0 spiro atoms. The normalized spacial score (nSPS) is 43.9. The molecule has 3 saturated carbocycles. The van der Waals surface area contributed by atoms with Gasteiger partial charge in [0.15, 0.2) is 0 Å². The van der Waals surface area contributed by atoms with Crippen molar-refractivity contribution in [3.05, 3.63) is 0 Å². The van der Waals surface area contributed by atoms with Gasteiger partial charge in [0.1, 0.15) is 5.78 Å². The number of ketones is 1. The predicted molar refractivity (Wildman–Crippen MR) is 48.8 cm³/mol. The first-order chi connectivity index (χ1) is 5.57. The third-order valence-electron chi connectivity index (χ3n) is 4.28. The summed E-state index contributed by atoms with van der Waals surface area (Å²) in [5, 5.41) is 0. The van der Waals surface area contributed by atoms with E-state index in [0.29, 0.717) is 23.0 Å². The minimum Gasteiger partial charge on any atom is -0.299 e. The zero-order chi connectivity index (χ0) is 8.93. The Kier molecular flexibility index (Phi) is 1.61. The van der Waals surface area contributed by atoms with Crippen molar-refractivity contribution in [2.24, 2.45) is 23.2 Å². The van der Waals surface area contributed by atoms with Gasteiger partial charge in [-0.15, -0.1) is 0 Å². The second kappa shape index (κ2) is 2.34. The zero-order valence-electron chi connectivity index (χ0n) is 8.26. The van der Waals surface area contributed by atoms with Crippen LogP contribution in [0.3, 0.4) is 0 Å². The Labute approximate surface area is 74.5 Å². The van der Waals surface area contributed by atoms with Crippen LogP contribution in [-0.2, 0) is 4.79 Å². The standard InChI is InChI=1S/C11H18O/c1-4-7-5-8-6-9(10(7)12)11(8,2)3/h7-9H,4-6H2,1-3H3/t7-,8+,9+/m0/s1. The van der Waals surface area contributed by atoms with Crippen LogP contribution >= 0.6 is 0 Å². The van der Waals surface area contributed by atoms with Crippen molar-refractivity contribution < 1.29 is 4.79 Å². The van der Waals surface area contributed by atoms with Gasteiger partial charge in [-0.3, -0.25) is 4.79 Å². The minimum absolute atomic E-state index is 0.336. The van der Waals surface area contributed by atoms with Gasteiger partial charge in [-0.2, -0.15) is 0 Å². The van der Waals surface area contributed by atoms with E-state index in [0.717, 1.165) is 12.3 Å². The van der Waals surface area contributed by atoms with Crippen LogP contribution in [0.1, 0.15) is 40.0 Å². The number of rotatable bonds is 1. The SMILES string of the molecule is CC[C@H]1C[C@@H]2C[C@H](C1=O)C2(C)C. The maximum Gasteiger partial charge on any atom is 0.139 e. The van der Waals surface area contributed by atoms with E-state index >= 15 is 0 Å². The van der Waals surface area contributed by atoms with Gasteiger partial charge in [0.25, 0.3) is 0 Å². The lowest BCUT2D eigenvalue weighted by atomic mass is 9.46. The quantitative estimate of drug-likeness (QED) is 0.585. The van der Waals surface area contributed by atoms with Crippen molar-refractivity contribution in [1.82, 2.24) is 0 Å². The van der Waals surface area contributed by atoms with Crippen molar-refractivity contribution in [3.63, 3.8) is 0 Å². The lowest BCUT2D eigenvalue weighted by Crippen LogP contribution is -2.56. The fourth-order valence-electron chi connectivity index (χ4n) is 3.01. The van der Waals surface area contributed by atoms with E-state index in [1.165, 1.54) is 12.8 Å². The maximum atomic E-state index is 11.8. The first-order valence-corrected chi connectivity index (χ1v) is 5.11. The minimum atomic E-state index is 0.336. The molecule has 3 rings (SSSR count). The molecule has 0 aromatic heterocycles. The van der Waals surface area contributed by atoms with Crippen molar-refractivity contribution in [2.75, 3.05) is 0 Å². The topological polar surface area (TPSA) is 17.1 Å². The molecular formula is C11H18O. The lowest BCUT2D eigenvalue weighted by Gasteiger charge is -2.57. The first-order valence-electron chi connectivity index (χ1n) is 5.11. The van der Waals surface area contributed by atoms with Crippen LogP contribution in [0, 0.1) is 23.2 Å². The van der Waals surface area contributed by atoms with Crippen molar-refractivity contribution in [2.45, 2.75) is 40.0 Å². The third kappa shape index (κ3) is 0.826. The number of carbonyl (C=O) groups is 1. The molecule has 0 unspecified atom stereocenters. The van der Waals surface area contributed by atoms with E-state index in [4.69, 9.17) is 0 Å². The summed E-state index contributed by atoms with van der Waals surface area (Å²) in [6.45, 7) is 6.66. The Morgan fingerprint density at radius 2 is 2.08 bits per heavy atom. The molecule has 0 amide bonds. The number of carbonyl (C=O) groups excluding carboxylic acids is 1. The summed E-state index contributed by atoms with van der Waals surface area (Å²) in [6, 6.07) is 0. The summed E-state index contributed by atoms with van der Waals surface area (Å²) >= 11 is 0. The Balaban J connectivity index is 2.17. The second-order valence-electron chi connectivity index (χ2n) is 5.05. The monoisotopic (exact) mass is 166 g/mol. The molecule has 3 fully saturated rings. The Morgan fingerprint density at radius 1 is 1.42 bits per heavy atom. The highest BCUT2D eigenvalue weighted by Gasteiger charge is 2.56. The molecule has 3 aliphatic rings. The molecule has 0 N–H and O–H groups in total. The van der Waals surface area contributed by atoms with Crippen LogP contribution < -0.4 is 0 Å². The van der Waals surface area contributed by atoms with E-state index in [1.54, 1.807) is 0 Å². The van der Waals surface area contributed by atoms with Gasteiger partial charge in [0.2, 0.25) is 0 Å². The zero-order valence-corrected chi connectivity index (χ0v) is 8.26. The molecule has 0 radical (unpaired) electrons. The Morgan fingerprint density at radius 3 is 2.50 bits per heavy atom. The molecule has 68 valence electrons. The fourth-order valence-corrected chi connectivity index (χ4v) is 3.01. The number of fused-ring (bicyclic) bond motifs is 2. The van der Waals surface area contributed by atoms with Gasteiger partial charge >= 0.3 is 0 Å². The van der Waals surface area contributed by atoms with Crippen molar-refractivity contribution in [3.8, 4) is 0 Å². The van der Waals surface area contributed by atoms with E-state index < -0.39 is 0 Å². The van der Waals surface area contributed by atoms with Gasteiger partial charge < -0.3 is 0 Å². The van der Waals surface area contributed by atoms with E-state index in [-0.39, 0.29) is 0 Å². The Hall–Kier alpha value is -0.330. The summed E-state index contributed by atoms with van der Waals surface area (Å²) in [5.74, 6) is 2.21. The summed E-state index contributed by atoms with van der Waals surface area (Å²) in [6.07, 6.45) is 3.41. The molecule has 0 heterocycles. The van der Waals surface area contributed by atoms with Crippen LogP contribution in [0.5, 0.6) is 0 Å². The van der Waals surface area contributed by atoms with Crippen molar-refractivity contribution in [1.29, 1.82) is 0 Å². The van der Waals surface area contributed by atoms with Crippen LogP contribution in [0.25, 0.3) is 0 Å². The van der Waals surface area contributed by atoms with Crippen LogP contribution in [-0.4, -0.2) is 5.78 Å². The molecule has 0 aromatic carbocycles. The smallest absolute Gasteiger partial charge is 0.139 e. The lowest BCUT2D eigenvalue weighted by molar-refractivity contribution is -0.156.